The minimum Gasteiger partial charge on any atom is -0.511 e. The Kier molecular flexibility index (Phi) is 8.27. The Morgan fingerprint density at radius 2 is 1.40 bits per heavy atom. The molecule has 2 radical (unpaired) electrons. The fraction of sp³-hybridized carbons (Fsp3) is 0. The maximum Gasteiger partial charge on any atom is 2.00 e. The molecule has 0 aliphatic heterocycles. The van der Waals surface area contributed by atoms with E-state index < -0.39 is 9.17 Å². The largest absolute Gasteiger partial charge is 2.00 e. The Morgan fingerprint density at radius 3 is 1.40 bits per heavy atom. The molecule has 5 heteroatoms. The molecule has 0 atom stereocenters. The van der Waals surface area contributed by atoms with Gasteiger partial charge >= 0.3 is 36.5 Å². The molecule has 0 amide bonds. The first-order valence-corrected chi connectivity index (χ1v) is 1.95. The van der Waals surface area contributed by atoms with Crippen LogP contribution in [0.15, 0.2) is 0 Å². The van der Waals surface area contributed by atoms with Crippen LogP contribution < -0.4 is 0 Å². The molecule has 0 aromatic heterocycles. The predicted molar refractivity (Wildman–Crippen MR) is 16.6 cm³/mol. The Labute approximate surface area is 50.7 Å². The maximum atomic E-state index is 8.74. The summed E-state index contributed by atoms with van der Waals surface area (Å²) in [5, 5.41) is 0. The van der Waals surface area contributed by atoms with Gasteiger partial charge in [0.2, 0.25) is 0 Å². The van der Waals surface area contributed by atoms with Crippen molar-refractivity contribution in [3.8, 4) is 0 Å². The van der Waals surface area contributed by atoms with Crippen LogP contribution in [-0.2, 0) is 4.46 Å². The molecule has 26 valence electrons. The molecule has 0 fully saturated rings. The molecule has 0 spiro atoms. The summed E-state index contributed by atoms with van der Waals surface area (Å²) in [6, 6.07) is 0. The van der Waals surface area contributed by atoms with Crippen molar-refractivity contribution in [1.29, 1.82) is 0 Å². The average Bonchev–Trinajstić information content (AvgIpc) is 0.811. The van der Waals surface area contributed by atoms with E-state index in [1.54, 1.807) is 0 Å². The van der Waals surface area contributed by atoms with E-state index in [-0.39, 0.29) is 27.3 Å². The van der Waals surface area contributed by atoms with Crippen molar-refractivity contribution >= 4 is 36.5 Å². The third-order valence-electron chi connectivity index (χ3n) is 0. The van der Waals surface area contributed by atoms with Crippen LogP contribution in [-0.4, -0.2) is 46.1 Å². The average molecular weight is 285 g/mol. The molecule has 0 saturated heterocycles. The molecule has 0 aliphatic carbocycles. The van der Waals surface area contributed by atoms with Crippen LogP contribution in [0.1, 0.15) is 0 Å². The van der Waals surface area contributed by atoms with Crippen molar-refractivity contribution in [2.75, 3.05) is 0 Å². The van der Waals surface area contributed by atoms with Crippen molar-refractivity contribution in [3.63, 3.8) is 0 Å². The van der Waals surface area contributed by atoms with Crippen LogP contribution in [0.25, 0.3) is 0 Å². The van der Waals surface area contributed by atoms with Gasteiger partial charge in [0.25, 0.3) is 0 Å². The van der Waals surface area contributed by atoms with E-state index in [1.165, 1.54) is 0 Å². The first-order chi connectivity index (χ1) is 1.73. The van der Waals surface area contributed by atoms with Gasteiger partial charge in [-0.25, -0.2) is 0 Å². The standard InChI is InChI=1S/H2O3Si.Pb/c1-4(2)3;/h1-2H;/q;+2. The van der Waals surface area contributed by atoms with Crippen molar-refractivity contribution < 1.29 is 14.1 Å². The molecular formula is H2O3PbSi+2. The quantitative estimate of drug-likeness (QED) is 0.507. The van der Waals surface area contributed by atoms with Gasteiger partial charge in [-0.2, -0.15) is 0 Å². The molecule has 0 aliphatic rings. The van der Waals surface area contributed by atoms with Crippen LogP contribution >= 0.6 is 0 Å². The van der Waals surface area contributed by atoms with Gasteiger partial charge in [-0.1, -0.05) is 0 Å². The Hall–Kier alpha value is 0.539. The molecule has 5 heavy (non-hydrogen) atoms. The van der Waals surface area contributed by atoms with Crippen LogP contribution in [0.2, 0.25) is 0 Å². The minimum atomic E-state index is -3.13. The van der Waals surface area contributed by atoms with Crippen LogP contribution in [0.4, 0.5) is 0 Å². The van der Waals surface area contributed by atoms with E-state index in [0.717, 1.165) is 0 Å². The molecular weight excluding hydrogens is 283 g/mol. The van der Waals surface area contributed by atoms with Crippen LogP contribution in [0.3, 0.4) is 0 Å². The zero-order valence-corrected chi connectivity index (χ0v) is 7.19. The smallest absolute Gasteiger partial charge is 0.511 e. The summed E-state index contributed by atoms with van der Waals surface area (Å²) >= 11 is 0. The molecule has 2 N–H and O–H groups in total. The second-order valence-electron chi connectivity index (χ2n) is 0.283. The van der Waals surface area contributed by atoms with E-state index in [1.807, 2.05) is 0 Å². The Morgan fingerprint density at radius 1 is 1.40 bits per heavy atom. The first-order valence-electron chi connectivity index (χ1n) is 0.651. The third-order valence-corrected chi connectivity index (χ3v) is 0. The van der Waals surface area contributed by atoms with E-state index in [4.69, 9.17) is 14.1 Å². The van der Waals surface area contributed by atoms with Crippen LogP contribution in [0.5, 0.6) is 0 Å². The zero-order valence-electron chi connectivity index (χ0n) is 2.30. The maximum absolute atomic E-state index is 8.74. The van der Waals surface area contributed by atoms with Gasteiger partial charge in [0.05, 0.1) is 0 Å². The van der Waals surface area contributed by atoms with Crippen molar-refractivity contribution in [3.05, 3.63) is 0 Å². The molecule has 0 heterocycles. The molecule has 0 unspecified atom stereocenters. The summed E-state index contributed by atoms with van der Waals surface area (Å²) in [7, 11) is -3.13. The summed E-state index contributed by atoms with van der Waals surface area (Å²) in [5.74, 6) is 0. The van der Waals surface area contributed by atoms with Crippen LogP contribution in [0, 0.1) is 0 Å². The number of rotatable bonds is 0. The van der Waals surface area contributed by atoms with Gasteiger partial charge in [-0.3, -0.25) is 4.46 Å². The molecule has 0 bridgehead atoms. The van der Waals surface area contributed by atoms with Gasteiger partial charge in [-0.15, -0.1) is 0 Å². The number of hydrogen-bond donors (Lipinski definition) is 2. The molecule has 0 saturated carbocycles. The van der Waals surface area contributed by atoms with Gasteiger partial charge in [0, 0.05) is 0 Å². The van der Waals surface area contributed by atoms with Crippen molar-refractivity contribution in [2.24, 2.45) is 0 Å². The van der Waals surface area contributed by atoms with Crippen molar-refractivity contribution in [1.82, 2.24) is 0 Å². The molecule has 3 nitrogen and oxygen atoms in total. The summed E-state index contributed by atoms with van der Waals surface area (Å²) in [5.41, 5.74) is 0. The Balaban J connectivity index is 0. The third kappa shape index (κ3) is 101. The van der Waals surface area contributed by atoms with E-state index >= 15 is 0 Å². The molecule has 0 aromatic carbocycles. The Bertz CT molecular complexity index is 29.9. The minimum absolute atomic E-state index is 0. The van der Waals surface area contributed by atoms with Crippen molar-refractivity contribution in [2.45, 2.75) is 0 Å². The molecule has 0 rings (SSSR count). The fourth-order valence-electron chi connectivity index (χ4n) is 0. The van der Waals surface area contributed by atoms with E-state index in [2.05, 4.69) is 0 Å². The molecule has 0 aromatic rings. The summed E-state index contributed by atoms with van der Waals surface area (Å²) in [6.45, 7) is 0. The first kappa shape index (κ1) is 9.11. The second kappa shape index (κ2) is 4.54. The SMILES string of the molecule is O=[Si](O)O.[Pb+2]. The number of hydrogen-bond acceptors (Lipinski definition) is 1. The summed E-state index contributed by atoms with van der Waals surface area (Å²) in [4.78, 5) is 14.3. The predicted octanol–water partition coefficient (Wildman–Crippen LogP) is -1.99. The van der Waals surface area contributed by atoms with Gasteiger partial charge in [-0.05, 0) is 0 Å². The summed E-state index contributed by atoms with van der Waals surface area (Å²) < 4.78 is 8.74. The second-order valence-corrected chi connectivity index (χ2v) is 0.848. The monoisotopic (exact) mass is 286 g/mol. The fourth-order valence-corrected chi connectivity index (χ4v) is 0. The van der Waals surface area contributed by atoms with E-state index in [0.29, 0.717) is 0 Å². The topological polar surface area (TPSA) is 57.5 Å². The summed E-state index contributed by atoms with van der Waals surface area (Å²) in [6.07, 6.45) is 0. The van der Waals surface area contributed by atoms with E-state index in [9.17, 15) is 0 Å². The van der Waals surface area contributed by atoms with Gasteiger partial charge in [0.1, 0.15) is 0 Å². The normalized spacial score (nSPS) is 4.80. The van der Waals surface area contributed by atoms with Gasteiger partial charge < -0.3 is 9.59 Å². The zero-order chi connectivity index (χ0) is 3.58. The van der Waals surface area contributed by atoms with Gasteiger partial charge in [0.15, 0.2) is 0 Å².